The lowest BCUT2D eigenvalue weighted by atomic mass is 9.71. The average molecular weight is 1070 g/mol. The zero-order valence-electron chi connectivity index (χ0n) is 43.4. The summed E-state index contributed by atoms with van der Waals surface area (Å²) < 4.78 is 89.8. The first-order chi connectivity index (χ1) is 36.3. The Kier molecular flexibility index (Phi) is 14.7. The molecule has 21 heteroatoms. The average Bonchev–Trinajstić information content (AvgIpc) is 3.41. The maximum Gasteiger partial charge on any atom is 0.433 e. The molecule has 0 aliphatic carbocycles. The van der Waals surface area contributed by atoms with E-state index in [4.69, 9.17) is 25.2 Å². The molecule has 6 aromatic rings. The Hall–Kier alpha value is -7.49. The molecule has 4 aliphatic heterocycles. The van der Waals surface area contributed by atoms with Gasteiger partial charge in [0, 0.05) is 89.3 Å². The minimum Gasteiger partial charge on any atom is -0.377 e. The number of alkyl halides is 6. The standard InChI is InChI=1S/C29H30F3N5O3.C27H28F3N5O2/c1-16-5-6-20(36-27(39)18-7-8-33-23(12-18)29(30,31)32)13-21(16)19-11-22-25(34-14-19)26(35-17(2)38)28(3,4)24-15-40-10-9-37(22)24;1-15-4-5-18(34-25(36)16-6-7-32-21(11-16)27(28,29)30)12-19(15)17-10-20-23(33-13-17)24(31)26(2,3)22-14-37-9-8-35(20)22/h5-8,11-14,24,26H,9-10,15H2,1-4H3,(H,35,38)(H,36,39);4-7,10-13,22,24H,8-9,14,31H2,1-3H3,(H,34,36)/t24-,26-;22-,24-/m00/s1. The molecule has 5 N–H and O–H groups in total. The molecule has 0 saturated carbocycles. The van der Waals surface area contributed by atoms with Gasteiger partial charge in [-0.25, -0.2) is 0 Å². The fourth-order valence-electron chi connectivity index (χ4n) is 10.6. The van der Waals surface area contributed by atoms with Gasteiger partial charge in [0.25, 0.3) is 11.8 Å². The number of rotatable bonds is 7. The van der Waals surface area contributed by atoms with Crippen molar-refractivity contribution in [3.8, 4) is 22.3 Å². The Morgan fingerprint density at radius 2 is 1.06 bits per heavy atom. The van der Waals surface area contributed by atoms with E-state index >= 15 is 0 Å². The van der Waals surface area contributed by atoms with Gasteiger partial charge in [0.2, 0.25) is 5.91 Å². The van der Waals surface area contributed by atoms with Crippen LogP contribution in [-0.4, -0.2) is 89.3 Å². The second kappa shape index (κ2) is 20.8. The lowest BCUT2D eigenvalue weighted by molar-refractivity contribution is -0.142. The predicted molar refractivity (Wildman–Crippen MR) is 278 cm³/mol. The fourth-order valence-corrected chi connectivity index (χ4v) is 10.6. The van der Waals surface area contributed by atoms with E-state index in [0.717, 1.165) is 87.2 Å². The first kappa shape index (κ1) is 54.3. The highest BCUT2D eigenvalue weighted by Gasteiger charge is 2.50. The zero-order valence-corrected chi connectivity index (χ0v) is 43.4. The maximum absolute atomic E-state index is 13.1. The number of carbonyl (C=O) groups excluding carboxylic acids is 3. The largest absolute Gasteiger partial charge is 0.433 e. The molecule has 0 bridgehead atoms. The van der Waals surface area contributed by atoms with Gasteiger partial charge in [0.05, 0.1) is 73.4 Å². The van der Waals surface area contributed by atoms with Gasteiger partial charge < -0.3 is 41.0 Å². The van der Waals surface area contributed by atoms with Crippen LogP contribution in [0.3, 0.4) is 0 Å². The van der Waals surface area contributed by atoms with Crippen molar-refractivity contribution in [3.05, 3.63) is 143 Å². The van der Waals surface area contributed by atoms with Crippen LogP contribution in [0.2, 0.25) is 0 Å². The Balaban J connectivity index is 0.000000188. The molecule has 2 fully saturated rings. The van der Waals surface area contributed by atoms with Gasteiger partial charge in [-0.2, -0.15) is 26.3 Å². The SMILES string of the molecule is CC(=O)N[C@H]1c2ncc(-c3cc(NC(=O)c4ccnc(C(F)(F)F)c4)ccc3C)cc2N2CCOC[C@H]2C1(C)C.Cc1ccc(NC(=O)c2ccnc(C(F)(F)F)c2)cc1-c1cnc2c(c1)N1CCOC[C@H]1C(C)(C)[C@H]2N. The van der Waals surface area contributed by atoms with Crippen LogP contribution in [0, 0.1) is 24.7 Å². The highest BCUT2D eigenvalue weighted by molar-refractivity contribution is 6.05. The Bertz CT molecular complexity index is 3260. The van der Waals surface area contributed by atoms with E-state index in [1.165, 1.54) is 19.1 Å². The first-order valence-electron chi connectivity index (χ1n) is 25.0. The fraction of sp³-hybridized carbons (Fsp3) is 0.375. The number of anilines is 4. The molecule has 4 aliphatic rings. The summed E-state index contributed by atoms with van der Waals surface area (Å²) >= 11 is 0. The molecule has 404 valence electrons. The number of nitrogens with two attached hydrogens (primary N) is 1. The van der Waals surface area contributed by atoms with Crippen molar-refractivity contribution in [2.45, 2.75) is 85.0 Å². The molecular weight excluding hydrogens is 1010 g/mol. The van der Waals surface area contributed by atoms with Crippen molar-refractivity contribution < 1.29 is 50.2 Å². The molecule has 15 nitrogen and oxygen atoms in total. The van der Waals surface area contributed by atoms with E-state index < -0.39 is 35.6 Å². The topological polar surface area (TPSA) is 190 Å². The number of pyridine rings is 4. The summed E-state index contributed by atoms with van der Waals surface area (Å²) in [5.41, 5.74) is 13.2. The third-order valence-corrected chi connectivity index (χ3v) is 15.1. The van der Waals surface area contributed by atoms with Crippen molar-refractivity contribution in [1.82, 2.24) is 25.3 Å². The van der Waals surface area contributed by atoms with Crippen LogP contribution in [0.4, 0.5) is 49.1 Å². The number of ether oxygens (including phenoxy) is 2. The summed E-state index contributed by atoms with van der Waals surface area (Å²) in [6, 6.07) is 18.3. The number of halogens is 6. The summed E-state index contributed by atoms with van der Waals surface area (Å²) in [6.07, 6.45) is -3.82. The quantitative estimate of drug-likeness (QED) is 0.111. The lowest BCUT2D eigenvalue weighted by Gasteiger charge is -2.53. The van der Waals surface area contributed by atoms with E-state index in [-0.39, 0.29) is 52.0 Å². The monoisotopic (exact) mass is 1060 g/mol. The maximum atomic E-state index is 13.1. The molecule has 2 saturated heterocycles. The summed E-state index contributed by atoms with van der Waals surface area (Å²) in [5.74, 6) is -1.48. The van der Waals surface area contributed by atoms with Crippen LogP contribution < -0.4 is 31.5 Å². The van der Waals surface area contributed by atoms with Crippen molar-refractivity contribution in [2.24, 2.45) is 16.6 Å². The van der Waals surface area contributed by atoms with Crippen LogP contribution in [0.5, 0.6) is 0 Å². The van der Waals surface area contributed by atoms with Gasteiger partial charge in [0.15, 0.2) is 0 Å². The molecule has 10 rings (SSSR count). The third-order valence-electron chi connectivity index (χ3n) is 15.1. The van der Waals surface area contributed by atoms with Gasteiger partial charge in [-0.3, -0.25) is 34.3 Å². The van der Waals surface area contributed by atoms with Crippen LogP contribution in [0.15, 0.2) is 97.6 Å². The number of nitrogens with one attached hydrogen (secondary N) is 3. The number of carbonyl (C=O) groups is 3. The highest BCUT2D eigenvalue weighted by atomic mass is 19.4. The number of aryl methyl sites for hydroxylation is 2. The van der Waals surface area contributed by atoms with Crippen LogP contribution in [0.25, 0.3) is 22.3 Å². The smallest absolute Gasteiger partial charge is 0.377 e. The van der Waals surface area contributed by atoms with Crippen molar-refractivity contribution >= 4 is 40.5 Å². The highest BCUT2D eigenvalue weighted by Crippen LogP contribution is 2.50. The molecule has 77 heavy (non-hydrogen) atoms. The van der Waals surface area contributed by atoms with Gasteiger partial charge in [0.1, 0.15) is 11.4 Å². The summed E-state index contributed by atoms with van der Waals surface area (Å²) in [4.78, 5) is 58.5. The molecule has 3 amide bonds. The molecular formula is C56H58F6N10O5. The lowest BCUT2D eigenvalue weighted by Crippen LogP contribution is -2.60. The number of fused-ring (bicyclic) bond motifs is 6. The van der Waals surface area contributed by atoms with Gasteiger partial charge in [-0.15, -0.1) is 0 Å². The number of benzene rings is 2. The Morgan fingerprint density at radius 1 is 0.623 bits per heavy atom. The second-order valence-electron chi connectivity index (χ2n) is 20.9. The number of hydrogen-bond donors (Lipinski definition) is 4. The third kappa shape index (κ3) is 10.9. The van der Waals surface area contributed by atoms with E-state index in [0.29, 0.717) is 44.3 Å². The number of aromatic nitrogens is 4. The van der Waals surface area contributed by atoms with Crippen LogP contribution >= 0.6 is 0 Å². The van der Waals surface area contributed by atoms with E-state index in [9.17, 15) is 40.7 Å². The predicted octanol–water partition coefficient (Wildman–Crippen LogP) is 10.1. The van der Waals surface area contributed by atoms with Crippen molar-refractivity contribution in [1.29, 1.82) is 0 Å². The number of hydrogen-bond acceptors (Lipinski definition) is 12. The second-order valence-corrected chi connectivity index (χ2v) is 20.9. The van der Waals surface area contributed by atoms with Crippen molar-refractivity contribution in [3.63, 3.8) is 0 Å². The normalized spacial score (nSPS) is 20.2. The van der Waals surface area contributed by atoms with E-state index in [1.807, 2.05) is 32.0 Å². The molecule has 8 heterocycles. The number of amides is 3. The molecule has 4 atom stereocenters. The van der Waals surface area contributed by atoms with Gasteiger partial charge in [-0.1, -0.05) is 39.8 Å². The van der Waals surface area contributed by atoms with E-state index in [2.05, 4.69) is 69.5 Å². The minimum absolute atomic E-state index is 0.0244. The number of nitrogens with zero attached hydrogens (tertiary/aromatic N) is 6. The molecule has 2 aromatic carbocycles. The van der Waals surface area contributed by atoms with Gasteiger partial charge in [-0.05, 0) is 96.8 Å². The molecule has 0 unspecified atom stereocenters. The molecule has 4 aromatic heterocycles. The first-order valence-corrected chi connectivity index (χ1v) is 25.0. The Labute approximate surface area is 441 Å². The number of morpholine rings is 2. The Morgan fingerprint density at radius 3 is 1.52 bits per heavy atom. The molecule has 0 radical (unpaired) electrons. The van der Waals surface area contributed by atoms with E-state index in [1.54, 1.807) is 36.7 Å². The van der Waals surface area contributed by atoms with Gasteiger partial charge >= 0.3 is 12.4 Å². The summed E-state index contributed by atoms with van der Waals surface area (Å²) in [5, 5.41) is 8.48. The van der Waals surface area contributed by atoms with Crippen LogP contribution in [-0.2, 0) is 26.6 Å². The summed E-state index contributed by atoms with van der Waals surface area (Å²) in [7, 11) is 0. The summed E-state index contributed by atoms with van der Waals surface area (Å²) in [6.45, 7) is 17.6. The zero-order chi connectivity index (χ0) is 55.4. The molecule has 0 spiro atoms. The van der Waals surface area contributed by atoms with Crippen LogP contribution in [0.1, 0.15) is 101 Å². The van der Waals surface area contributed by atoms with Crippen molar-refractivity contribution in [2.75, 3.05) is 60.0 Å². The minimum atomic E-state index is -4.65.